The third kappa shape index (κ3) is 7.30. The summed E-state index contributed by atoms with van der Waals surface area (Å²) in [6.07, 6.45) is 13.1. The molecule has 3 aromatic carbocycles. The van der Waals surface area contributed by atoms with E-state index in [2.05, 4.69) is 54.7 Å². The normalized spacial score (nSPS) is 13.9. The van der Waals surface area contributed by atoms with E-state index in [-0.39, 0.29) is 11.4 Å². The minimum atomic E-state index is -0.945. The molecule has 9 rings (SSSR count). The number of aromatic carboxylic acids is 2. The fourth-order valence-corrected chi connectivity index (χ4v) is 8.14. The first kappa shape index (κ1) is 35.4. The van der Waals surface area contributed by atoms with Crippen LogP contribution in [0.2, 0.25) is 0 Å². The van der Waals surface area contributed by atoms with Crippen molar-refractivity contribution in [2.75, 3.05) is 0 Å². The SMILES string of the molecule is Cn1ccc2cc(Cc3ncc(C4CC4)cc3C(=O)O)cc(-c3ccc(F)cc3)c21.Cn1ccc2cc(Cc3ncc(C4CC4)cc3C(=O)O)cc(Br)c21. The number of hydrogen-bond donors (Lipinski definition) is 2. The highest BCUT2D eigenvalue weighted by molar-refractivity contribution is 9.10. The van der Waals surface area contributed by atoms with Crippen LogP contribution in [0.25, 0.3) is 32.9 Å². The van der Waals surface area contributed by atoms with Gasteiger partial charge in [0.1, 0.15) is 5.82 Å². The molecule has 0 amide bonds. The van der Waals surface area contributed by atoms with E-state index in [0.717, 1.165) is 85.3 Å². The Kier molecular flexibility index (Phi) is 9.39. The predicted octanol–water partition coefficient (Wildman–Crippen LogP) is 10.0. The molecule has 7 aromatic rings. The van der Waals surface area contributed by atoms with Gasteiger partial charge in [-0.2, -0.15) is 0 Å². The van der Waals surface area contributed by atoms with Crippen LogP contribution in [-0.4, -0.2) is 41.3 Å². The molecule has 2 fully saturated rings. The van der Waals surface area contributed by atoms with Gasteiger partial charge in [0.25, 0.3) is 0 Å². The first-order valence-electron chi connectivity index (χ1n) is 18.0. The minimum Gasteiger partial charge on any atom is -0.478 e. The highest BCUT2D eigenvalue weighted by atomic mass is 79.9. The van der Waals surface area contributed by atoms with Gasteiger partial charge in [0.05, 0.1) is 33.5 Å². The first-order valence-corrected chi connectivity index (χ1v) is 18.8. The average molecular weight is 786 g/mol. The summed E-state index contributed by atoms with van der Waals surface area (Å²) < 4.78 is 18.6. The minimum absolute atomic E-state index is 0.274. The van der Waals surface area contributed by atoms with E-state index in [0.29, 0.717) is 41.6 Å². The highest BCUT2D eigenvalue weighted by Gasteiger charge is 2.27. The van der Waals surface area contributed by atoms with Crippen molar-refractivity contribution in [1.82, 2.24) is 19.1 Å². The molecule has 2 aliphatic carbocycles. The Labute approximate surface area is 320 Å². The van der Waals surface area contributed by atoms with Gasteiger partial charge in [-0.25, -0.2) is 14.0 Å². The smallest absolute Gasteiger partial charge is 0.337 e. The van der Waals surface area contributed by atoms with Gasteiger partial charge < -0.3 is 19.3 Å². The standard InChI is InChI=1S/C25H21FN2O2.C19H17BrN2O2/c1-28-9-8-18-10-15(11-21(24(18)28)17-4-6-20(26)7-5-17)12-23-22(25(29)30)13-19(14-27-23)16-2-3-16;1-22-5-4-13-6-11(7-16(20)18(13)22)8-17-15(19(23)24)9-14(10-21-17)12-2-3-12/h4-11,13-14,16H,2-3,12H2,1H3,(H,29,30);4-7,9-10,12H,2-3,8H2,1H3,(H,23,24). The number of halogens is 2. The summed E-state index contributed by atoms with van der Waals surface area (Å²) in [4.78, 5) is 32.5. The Hall–Kier alpha value is -5.61. The number of aryl methyl sites for hydroxylation is 2. The number of hydrogen-bond acceptors (Lipinski definition) is 4. The first-order chi connectivity index (χ1) is 26.0. The Bertz CT molecular complexity index is 2580. The molecule has 0 bridgehead atoms. The number of carboxylic acids is 2. The molecule has 4 heterocycles. The Morgan fingerprint density at radius 1 is 0.704 bits per heavy atom. The molecule has 10 heteroatoms. The molecule has 2 N–H and O–H groups in total. The molecule has 0 atom stereocenters. The molecule has 2 aliphatic rings. The summed E-state index contributed by atoms with van der Waals surface area (Å²) in [5, 5.41) is 21.5. The van der Waals surface area contributed by atoms with Crippen LogP contribution in [0.4, 0.5) is 4.39 Å². The van der Waals surface area contributed by atoms with E-state index in [1.807, 2.05) is 55.6 Å². The molecule has 0 spiro atoms. The van der Waals surface area contributed by atoms with Crippen LogP contribution in [0, 0.1) is 5.82 Å². The van der Waals surface area contributed by atoms with Gasteiger partial charge in [0, 0.05) is 72.5 Å². The number of carbonyl (C=O) groups is 2. The summed E-state index contributed by atoms with van der Waals surface area (Å²) in [6, 6.07) is 22.4. The Morgan fingerprint density at radius 2 is 1.19 bits per heavy atom. The lowest BCUT2D eigenvalue weighted by molar-refractivity contribution is 0.0684. The zero-order chi connectivity index (χ0) is 37.7. The van der Waals surface area contributed by atoms with Crippen molar-refractivity contribution in [1.29, 1.82) is 0 Å². The summed E-state index contributed by atoms with van der Waals surface area (Å²) in [5.74, 6) is -1.17. The zero-order valence-electron chi connectivity index (χ0n) is 29.9. The van der Waals surface area contributed by atoms with Crippen molar-refractivity contribution in [2.45, 2.75) is 50.4 Å². The van der Waals surface area contributed by atoms with E-state index in [9.17, 15) is 24.2 Å². The molecule has 0 radical (unpaired) electrons. The maximum Gasteiger partial charge on any atom is 0.337 e. The van der Waals surface area contributed by atoms with Gasteiger partial charge in [0.2, 0.25) is 0 Å². The molecule has 0 saturated heterocycles. The number of aromatic nitrogens is 4. The van der Waals surface area contributed by atoms with Crippen LogP contribution in [0.1, 0.15) is 91.9 Å². The maximum atomic E-state index is 13.4. The van der Waals surface area contributed by atoms with E-state index in [4.69, 9.17) is 0 Å². The van der Waals surface area contributed by atoms with Crippen molar-refractivity contribution in [2.24, 2.45) is 14.1 Å². The maximum absolute atomic E-state index is 13.4. The summed E-state index contributed by atoms with van der Waals surface area (Å²) in [5.41, 5.74) is 9.97. The number of carboxylic acid groups (broad SMARTS) is 2. The van der Waals surface area contributed by atoms with Crippen molar-refractivity contribution in [3.63, 3.8) is 0 Å². The number of nitrogens with zero attached hydrogens (tertiary/aromatic N) is 4. The van der Waals surface area contributed by atoms with Gasteiger partial charge in [-0.05, 0) is 142 Å². The van der Waals surface area contributed by atoms with Crippen LogP contribution >= 0.6 is 15.9 Å². The fraction of sp³-hybridized carbons (Fsp3) is 0.227. The van der Waals surface area contributed by atoms with Crippen molar-refractivity contribution < 1.29 is 24.2 Å². The number of pyridine rings is 2. The second kappa shape index (κ2) is 14.3. The molecule has 0 aliphatic heterocycles. The van der Waals surface area contributed by atoms with Gasteiger partial charge in [0.15, 0.2) is 0 Å². The van der Waals surface area contributed by atoms with Gasteiger partial charge >= 0.3 is 11.9 Å². The Morgan fingerprint density at radius 3 is 1.69 bits per heavy atom. The quantitative estimate of drug-likeness (QED) is 0.151. The number of benzene rings is 3. The molecule has 0 unspecified atom stereocenters. The van der Waals surface area contributed by atoms with Gasteiger partial charge in [-0.15, -0.1) is 0 Å². The van der Waals surface area contributed by atoms with Crippen molar-refractivity contribution in [3.05, 3.63) is 153 Å². The van der Waals surface area contributed by atoms with Crippen LogP contribution in [0.15, 0.2) is 102 Å². The zero-order valence-corrected chi connectivity index (χ0v) is 31.5. The van der Waals surface area contributed by atoms with Crippen molar-refractivity contribution in [3.8, 4) is 11.1 Å². The predicted molar refractivity (Wildman–Crippen MR) is 211 cm³/mol. The van der Waals surface area contributed by atoms with Crippen molar-refractivity contribution >= 4 is 49.7 Å². The molecular weight excluding hydrogens is 747 g/mol. The largest absolute Gasteiger partial charge is 0.478 e. The molecule has 2 saturated carbocycles. The molecule has 54 heavy (non-hydrogen) atoms. The lowest BCUT2D eigenvalue weighted by Gasteiger charge is -2.12. The highest BCUT2D eigenvalue weighted by Crippen LogP contribution is 2.41. The van der Waals surface area contributed by atoms with Crippen LogP contribution < -0.4 is 0 Å². The van der Waals surface area contributed by atoms with Crippen LogP contribution in [0.5, 0.6) is 0 Å². The molecule has 272 valence electrons. The third-order valence-electron chi connectivity index (χ3n) is 10.5. The summed E-state index contributed by atoms with van der Waals surface area (Å²) >= 11 is 3.62. The third-order valence-corrected chi connectivity index (χ3v) is 11.1. The lowest BCUT2D eigenvalue weighted by Crippen LogP contribution is -2.07. The molecule has 4 aromatic heterocycles. The van der Waals surface area contributed by atoms with Gasteiger partial charge in [-0.3, -0.25) is 9.97 Å². The van der Waals surface area contributed by atoms with Crippen LogP contribution in [0.3, 0.4) is 0 Å². The molecule has 8 nitrogen and oxygen atoms in total. The lowest BCUT2D eigenvalue weighted by atomic mass is 9.96. The van der Waals surface area contributed by atoms with E-state index < -0.39 is 11.9 Å². The summed E-state index contributed by atoms with van der Waals surface area (Å²) in [6.45, 7) is 0. The summed E-state index contributed by atoms with van der Waals surface area (Å²) in [7, 11) is 3.99. The van der Waals surface area contributed by atoms with E-state index in [1.165, 1.54) is 12.1 Å². The fourth-order valence-electron chi connectivity index (χ4n) is 7.34. The van der Waals surface area contributed by atoms with Crippen LogP contribution in [-0.2, 0) is 26.9 Å². The average Bonchev–Trinajstić information content (AvgIpc) is 4.09. The Balaban J connectivity index is 0.000000157. The number of fused-ring (bicyclic) bond motifs is 2. The topological polar surface area (TPSA) is 110 Å². The second-order valence-corrected chi connectivity index (χ2v) is 15.3. The molecular formula is C44H38BrFN4O4. The second-order valence-electron chi connectivity index (χ2n) is 14.5. The van der Waals surface area contributed by atoms with E-state index in [1.54, 1.807) is 24.3 Å². The monoisotopic (exact) mass is 784 g/mol. The number of rotatable bonds is 9. The van der Waals surface area contributed by atoms with Gasteiger partial charge in [-0.1, -0.05) is 12.1 Å². The van der Waals surface area contributed by atoms with E-state index >= 15 is 0 Å².